The van der Waals surface area contributed by atoms with Gasteiger partial charge in [0.15, 0.2) is 10.8 Å². The number of anilines is 2. The molecule has 6 N–H and O–H groups in total. The van der Waals surface area contributed by atoms with Gasteiger partial charge in [0, 0.05) is 5.69 Å². The van der Waals surface area contributed by atoms with Gasteiger partial charge in [-0.05, 0) is 36.4 Å². The highest BCUT2D eigenvalue weighted by atomic mass is 32.2. The molecule has 0 radical (unpaired) electrons. The standard InChI is InChI=1S/C15H12N6O3S2/c16-15-19-10-6-5-9-11(13(10)25-15)12(21-20-9)14(22)18-7-1-3-8(4-2-7)26(17,23)24/h1-6H,(H2,16,19)(H,18,22)(H,20,21)(H2,17,23,24). The second kappa shape index (κ2) is 5.76. The van der Waals surface area contributed by atoms with E-state index in [4.69, 9.17) is 10.9 Å². The van der Waals surface area contributed by atoms with Gasteiger partial charge in [-0.2, -0.15) is 5.10 Å². The molecule has 0 atom stereocenters. The van der Waals surface area contributed by atoms with Crippen molar-refractivity contribution in [2.45, 2.75) is 4.90 Å². The lowest BCUT2D eigenvalue weighted by molar-refractivity contribution is 0.102. The number of H-pyrrole nitrogens is 1. The molecule has 0 saturated carbocycles. The van der Waals surface area contributed by atoms with Crippen molar-refractivity contribution >= 4 is 59.2 Å². The number of sulfonamides is 1. The molecule has 2 aromatic heterocycles. The summed E-state index contributed by atoms with van der Waals surface area (Å²) in [6, 6.07) is 9.11. The number of thiazole rings is 1. The molecule has 4 rings (SSSR count). The molecule has 4 aromatic rings. The highest BCUT2D eigenvalue weighted by Gasteiger charge is 2.19. The summed E-state index contributed by atoms with van der Waals surface area (Å²) in [5.74, 6) is -0.445. The predicted molar refractivity (Wildman–Crippen MR) is 99.5 cm³/mol. The Morgan fingerprint density at radius 3 is 2.58 bits per heavy atom. The molecule has 2 aromatic carbocycles. The van der Waals surface area contributed by atoms with E-state index in [9.17, 15) is 13.2 Å². The van der Waals surface area contributed by atoms with Crippen LogP contribution >= 0.6 is 11.3 Å². The van der Waals surface area contributed by atoms with Gasteiger partial charge in [0.1, 0.15) is 0 Å². The molecular weight excluding hydrogens is 376 g/mol. The van der Waals surface area contributed by atoms with Crippen molar-refractivity contribution in [1.29, 1.82) is 0 Å². The van der Waals surface area contributed by atoms with E-state index in [-0.39, 0.29) is 10.6 Å². The lowest BCUT2D eigenvalue weighted by Crippen LogP contribution is -2.14. The molecule has 9 nitrogen and oxygen atoms in total. The van der Waals surface area contributed by atoms with E-state index in [0.29, 0.717) is 27.2 Å². The molecule has 0 unspecified atom stereocenters. The number of fused-ring (bicyclic) bond motifs is 3. The molecule has 11 heteroatoms. The number of amides is 1. The molecule has 132 valence electrons. The van der Waals surface area contributed by atoms with Crippen LogP contribution in [0.1, 0.15) is 10.5 Å². The van der Waals surface area contributed by atoms with Crippen LogP contribution in [0.2, 0.25) is 0 Å². The van der Waals surface area contributed by atoms with E-state index in [1.54, 1.807) is 12.1 Å². The maximum absolute atomic E-state index is 12.6. The fraction of sp³-hybridized carbons (Fsp3) is 0. The number of nitrogen functional groups attached to an aromatic ring is 1. The first kappa shape index (κ1) is 16.4. The molecule has 0 fully saturated rings. The zero-order valence-electron chi connectivity index (χ0n) is 13.1. The maximum atomic E-state index is 12.6. The number of nitrogens with zero attached hydrogens (tertiary/aromatic N) is 2. The SMILES string of the molecule is Nc1nc2ccc3[nH]nc(C(=O)Nc4ccc(S(N)(=O)=O)cc4)c3c2s1. The molecule has 0 aliphatic rings. The van der Waals surface area contributed by atoms with Crippen LogP contribution in [0.5, 0.6) is 0 Å². The normalized spacial score (nSPS) is 11.9. The number of aromatic nitrogens is 3. The fourth-order valence-corrected chi connectivity index (χ4v) is 3.99. The molecule has 1 amide bonds. The minimum absolute atomic E-state index is 0.0393. The summed E-state index contributed by atoms with van der Waals surface area (Å²) in [6.45, 7) is 0. The maximum Gasteiger partial charge on any atom is 0.276 e. The highest BCUT2D eigenvalue weighted by molar-refractivity contribution is 7.89. The van der Waals surface area contributed by atoms with Gasteiger partial charge in [-0.3, -0.25) is 9.89 Å². The Bertz CT molecular complexity index is 1260. The van der Waals surface area contributed by atoms with Crippen molar-refractivity contribution in [2.24, 2.45) is 5.14 Å². The highest BCUT2D eigenvalue weighted by Crippen LogP contribution is 2.32. The summed E-state index contributed by atoms with van der Waals surface area (Å²) in [5, 5.41) is 15.7. The summed E-state index contributed by atoms with van der Waals surface area (Å²) in [6.07, 6.45) is 0. The van der Waals surface area contributed by atoms with Gasteiger partial charge in [0.05, 0.1) is 26.0 Å². The number of nitrogens with one attached hydrogen (secondary N) is 2. The van der Waals surface area contributed by atoms with Crippen LogP contribution in [-0.4, -0.2) is 29.5 Å². The minimum atomic E-state index is -3.79. The first-order chi connectivity index (χ1) is 12.3. The van der Waals surface area contributed by atoms with E-state index in [1.807, 2.05) is 0 Å². The monoisotopic (exact) mass is 388 g/mol. The largest absolute Gasteiger partial charge is 0.375 e. The van der Waals surface area contributed by atoms with Crippen molar-refractivity contribution in [3.05, 3.63) is 42.1 Å². The fourth-order valence-electron chi connectivity index (χ4n) is 2.59. The molecule has 0 saturated heterocycles. The smallest absolute Gasteiger partial charge is 0.276 e. The van der Waals surface area contributed by atoms with Gasteiger partial charge in [-0.25, -0.2) is 18.5 Å². The van der Waals surface area contributed by atoms with Crippen molar-refractivity contribution < 1.29 is 13.2 Å². The summed E-state index contributed by atoms with van der Waals surface area (Å²) < 4.78 is 23.3. The molecule has 0 spiro atoms. The quantitative estimate of drug-likeness (QED) is 0.418. The third-order valence-electron chi connectivity index (χ3n) is 3.75. The van der Waals surface area contributed by atoms with Gasteiger partial charge in [0.25, 0.3) is 5.91 Å². The van der Waals surface area contributed by atoms with Gasteiger partial charge in [-0.15, -0.1) is 0 Å². The average Bonchev–Trinajstić information content (AvgIpc) is 3.16. The Balaban J connectivity index is 1.71. The number of nitrogens with two attached hydrogens (primary N) is 2. The number of carbonyl (C=O) groups is 1. The van der Waals surface area contributed by atoms with Gasteiger partial charge >= 0.3 is 0 Å². The van der Waals surface area contributed by atoms with Crippen LogP contribution in [0.25, 0.3) is 21.1 Å². The second-order valence-corrected chi connectivity index (χ2v) is 8.08. The number of benzene rings is 2. The Kier molecular flexibility index (Phi) is 3.64. The van der Waals surface area contributed by atoms with Crippen LogP contribution in [-0.2, 0) is 10.0 Å². The lowest BCUT2D eigenvalue weighted by Gasteiger charge is -2.05. The average molecular weight is 388 g/mol. The molecule has 2 heterocycles. The van der Waals surface area contributed by atoms with E-state index >= 15 is 0 Å². The molecule has 0 bridgehead atoms. The number of hydrogen-bond donors (Lipinski definition) is 4. The topological polar surface area (TPSA) is 157 Å². The Labute approximate surface area is 151 Å². The molecule has 26 heavy (non-hydrogen) atoms. The van der Waals surface area contributed by atoms with Crippen molar-refractivity contribution in [3.63, 3.8) is 0 Å². The second-order valence-electron chi connectivity index (χ2n) is 5.48. The third kappa shape index (κ3) is 2.77. The lowest BCUT2D eigenvalue weighted by atomic mass is 10.2. The molecular formula is C15H12N6O3S2. The predicted octanol–water partition coefficient (Wildman–Crippen LogP) is 1.65. The number of rotatable bonds is 3. The summed E-state index contributed by atoms with van der Waals surface area (Å²) >= 11 is 1.27. The van der Waals surface area contributed by atoms with Crippen molar-refractivity contribution in [3.8, 4) is 0 Å². The van der Waals surface area contributed by atoms with E-state index < -0.39 is 15.9 Å². The Morgan fingerprint density at radius 2 is 1.88 bits per heavy atom. The van der Waals surface area contributed by atoms with Crippen LogP contribution < -0.4 is 16.2 Å². The summed E-state index contributed by atoms with van der Waals surface area (Å²) in [7, 11) is -3.79. The minimum Gasteiger partial charge on any atom is -0.375 e. The molecule has 0 aliphatic heterocycles. The first-order valence-electron chi connectivity index (χ1n) is 7.30. The van der Waals surface area contributed by atoms with Gasteiger partial charge in [0.2, 0.25) is 10.0 Å². The first-order valence-corrected chi connectivity index (χ1v) is 9.66. The van der Waals surface area contributed by atoms with Gasteiger partial charge in [-0.1, -0.05) is 11.3 Å². The van der Waals surface area contributed by atoms with Gasteiger partial charge < -0.3 is 11.1 Å². The number of aromatic amines is 1. The summed E-state index contributed by atoms with van der Waals surface area (Å²) in [5.41, 5.74) is 7.76. The van der Waals surface area contributed by atoms with E-state index in [1.165, 1.54) is 35.6 Å². The van der Waals surface area contributed by atoms with E-state index in [2.05, 4.69) is 20.5 Å². The zero-order valence-corrected chi connectivity index (χ0v) is 14.7. The van der Waals surface area contributed by atoms with Crippen molar-refractivity contribution in [1.82, 2.24) is 15.2 Å². The van der Waals surface area contributed by atoms with E-state index in [0.717, 1.165) is 4.70 Å². The summed E-state index contributed by atoms with van der Waals surface area (Å²) in [4.78, 5) is 16.8. The van der Waals surface area contributed by atoms with Crippen molar-refractivity contribution in [2.75, 3.05) is 11.1 Å². The van der Waals surface area contributed by atoms with Crippen LogP contribution in [0.4, 0.5) is 10.8 Å². The number of hydrogen-bond acceptors (Lipinski definition) is 7. The molecule has 0 aliphatic carbocycles. The van der Waals surface area contributed by atoms with Crippen LogP contribution in [0, 0.1) is 0 Å². The number of carbonyl (C=O) groups excluding carboxylic acids is 1. The van der Waals surface area contributed by atoms with Crippen LogP contribution in [0.3, 0.4) is 0 Å². The Morgan fingerprint density at radius 1 is 1.15 bits per heavy atom. The number of primary sulfonamides is 1. The Hall–Kier alpha value is -3.02. The zero-order chi connectivity index (χ0) is 18.5. The van der Waals surface area contributed by atoms with Crippen LogP contribution in [0.15, 0.2) is 41.3 Å². The third-order valence-corrected chi connectivity index (χ3v) is 5.60.